The summed E-state index contributed by atoms with van der Waals surface area (Å²) < 4.78 is 12.1. The Labute approximate surface area is 174 Å². The molecule has 0 aromatic carbocycles. The SMILES string of the molecule is CCCCC(CCCCCCC(CCC=CCC(=O)O)OC(C)C)OC(C)C. The van der Waals surface area contributed by atoms with Gasteiger partial charge in [-0.1, -0.05) is 57.6 Å². The Hall–Kier alpha value is -0.870. The molecule has 2 unspecified atom stereocenters. The van der Waals surface area contributed by atoms with Crippen molar-refractivity contribution in [2.24, 2.45) is 0 Å². The third-order valence-electron chi connectivity index (χ3n) is 4.73. The van der Waals surface area contributed by atoms with Crippen molar-refractivity contribution in [3.63, 3.8) is 0 Å². The van der Waals surface area contributed by atoms with Crippen LogP contribution in [0, 0.1) is 0 Å². The topological polar surface area (TPSA) is 55.8 Å². The minimum absolute atomic E-state index is 0.107. The lowest BCUT2D eigenvalue weighted by Gasteiger charge is -2.21. The van der Waals surface area contributed by atoms with Crippen LogP contribution in [0.1, 0.15) is 112 Å². The number of aliphatic carboxylic acids is 1. The van der Waals surface area contributed by atoms with Crippen molar-refractivity contribution in [2.45, 2.75) is 136 Å². The maximum Gasteiger partial charge on any atom is 0.307 e. The van der Waals surface area contributed by atoms with Crippen molar-refractivity contribution in [2.75, 3.05) is 0 Å². The Morgan fingerprint density at radius 1 is 0.786 bits per heavy atom. The standard InChI is InChI=1S/C24H46O4/c1-6-7-15-22(27-20(2)3)16-11-8-9-12-17-23(28-21(4)5)18-13-10-14-19-24(25)26/h10,14,20-23H,6-9,11-13,15-19H2,1-5H3,(H,25,26). The molecule has 0 aliphatic carbocycles. The molecule has 0 rings (SSSR count). The van der Waals surface area contributed by atoms with Crippen LogP contribution in [0.25, 0.3) is 0 Å². The normalized spacial score (nSPS) is 14.2. The van der Waals surface area contributed by atoms with E-state index in [0.29, 0.717) is 12.2 Å². The fourth-order valence-corrected chi connectivity index (χ4v) is 3.44. The molecule has 0 saturated heterocycles. The first-order chi connectivity index (χ1) is 13.3. The largest absolute Gasteiger partial charge is 0.481 e. The zero-order valence-corrected chi connectivity index (χ0v) is 19.1. The molecule has 0 aliphatic rings. The van der Waals surface area contributed by atoms with Gasteiger partial charge >= 0.3 is 5.97 Å². The fraction of sp³-hybridized carbons (Fsp3) is 0.875. The predicted octanol–water partition coefficient (Wildman–Crippen LogP) is 6.92. The number of carbonyl (C=O) groups is 1. The Morgan fingerprint density at radius 3 is 1.75 bits per heavy atom. The molecule has 4 nitrogen and oxygen atoms in total. The van der Waals surface area contributed by atoms with E-state index < -0.39 is 5.97 Å². The molecular weight excluding hydrogens is 352 g/mol. The zero-order chi connectivity index (χ0) is 21.2. The second kappa shape index (κ2) is 18.2. The molecule has 0 spiro atoms. The third kappa shape index (κ3) is 18.5. The minimum atomic E-state index is -0.776. The van der Waals surface area contributed by atoms with Crippen molar-refractivity contribution in [3.8, 4) is 0 Å². The highest BCUT2D eigenvalue weighted by Crippen LogP contribution is 2.18. The van der Waals surface area contributed by atoms with Gasteiger partial charge in [-0.2, -0.15) is 0 Å². The van der Waals surface area contributed by atoms with Gasteiger partial charge in [-0.25, -0.2) is 0 Å². The van der Waals surface area contributed by atoms with Crippen LogP contribution in [0.2, 0.25) is 0 Å². The summed E-state index contributed by atoms with van der Waals surface area (Å²) in [6.45, 7) is 10.7. The summed E-state index contributed by atoms with van der Waals surface area (Å²) in [6, 6.07) is 0. The summed E-state index contributed by atoms with van der Waals surface area (Å²) in [4.78, 5) is 10.5. The maximum atomic E-state index is 10.5. The molecule has 0 aliphatic heterocycles. The van der Waals surface area contributed by atoms with Gasteiger partial charge in [0.15, 0.2) is 0 Å². The summed E-state index contributed by atoms with van der Waals surface area (Å²) in [5, 5.41) is 8.66. The van der Waals surface area contributed by atoms with E-state index in [9.17, 15) is 4.79 Å². The molecule has 166 valence electrons. The number of ether oxygens (including phenoxy) is 2. The van der Waals surface area contributed by atoms with E-state index in [2.05, 4.69) is 34.6 Å². The van der Waals surface area contributed by atoms with E-state index in [1.165, 1.54) is 51.4 Å². The minimum Gasteiger partial charge on any atom is -0.481 e. The smallest absolute Gasteiger partial charge is 0.307 e. The van der Waals surface area contributed by atoms with Crippen LogP contribution in [0.3, 0.4) is 0 Å². The molecule has 0 heterocycles. The molecule has 28 heavy (non-hydrogen) atoms. The van der Waals surface area contributed by atoms with E-state index in [1.54, 1.807) is 6.08 Å². The number of hydrogen-bond acceptors (Lipinski definition) is 3. The van der Waals surface area contributed by atoms with Crippen LogP contribution in [-0.4, -0.2) is 35.5 Å². The number of allylic oxidation sites excluding steroid dienone is 1. The van der Waals surface area contributed by atoms with Gasteiger partial charge in [-0.3, -0.25) is 4.79 Å². The molecular formula is C24H46O4. The summed E-state index contributed by atoms with van der Waals surface area (Å²) in [7, 11) is 0. The van der Waals surface area contributed by atoms with E-state index >= 15 is 0 Å². The van der Waals surface area contributed by atoms with Gasteiger partial charge in [0.2, 0.25) is 0 Å². The van der Waals surface area contributed by atoms with Crippen LogP contribution >= 0.6 is 0 Å². The maximum absolute atomic E-state index is 10.5. The Morgan fingerprint density at radius 2 is 1.29 bits per heavy atom. The second-order valence-corrected chi connectivity index (χ2v) is 8.39. The van der Waals surface area contributed by atoms with E-state index in [4.69, 9.17) is 14.6 Å². The first-order valence-electron chi connectivity index (χ1n) is 11.5. The molecule has 0 amide bonds. The molecule has 1 N–H and O–H groups in total. The molecule has 2 atom stereocenters. The molecule has 0 fully saturated rings. The van der Waals surface area contributed by atoms with Gasteiger partial charge < -0.3 is 14.6 Å². The fourth-order valence-electron chi connectivity index (χ4n) is 3.44. The monoisotopic (exact) mass is 398 g/mol. The molecule has 0 aromatic rings. The van der Waals surface area contributed by atoms with Gasteiger partial charge in [0.05, 0.1) is 30.8 Å². The van der Waals surface area contributed by atoms with Crippen LogP contribution < -0.4 is 0 Å². The average molecular weight is 399 g/mol. The number of hydrogen-bond donors (Lipinski definition) is 1. The van der Waals surface area contributed by atoms with Crippen molar-refractivity contribution >= 4 is 5.97 Å². The predicted molar refractivity (Wildman–Crippen MR) is 118 cm³/mol. The van der Waals surface area contributed by atoms with Gasteiger partial charge in [-0.05, 0) is 59.8 Å². The number of unbranched alkanes of at least 4 members (excludes halogenated alkanes) is 4. The lowest BCUT2D eigenvalue weighted by Crippen LogP contribution is -2.18. The molecule has 0 saturated carbocycles. The molecule has 4 heteroatoms. The zero-order valence-electron chi connectivity index (χ0n) is 19.1. The van der Waals surface area contributed by atoms with Crippen LogP contribution in [-0.2, 0) is 14.3 Å². The Kier molecular flexibility index (Phi) is 17.6. The van der Waals surface area contributed by atoms with E-state index in [1.807, 2.05) is 6.08 Å². The summed E-state index contributed by atoms with van der Waals surface area (Å²) in [6.07, 6.45) is 17.8. The lowest BCUT2D eigenvalue weighted by atomic mass is 10.0. The van der Waals surface area contributed by atoms with Gasteiger partial charge in [0, 0.05) is 0 Å². The van der Waals surface area contributed by atoms with Crippen molar-refractivity contribution < 1.29 is 19.4 Å². The van der Waals surface area contributed by atoms with Gasteiger partial charge in [0.25, 0.3) is 0 Å². The van der Waals surface area contributed by atoms with Crippen LogP contribution in [0.5, 0.6) is 0 Å². The van der Waals surface area contributed by atoms with Crippen LogP contribution in [0.4, 0.5) is 0 Å². The number of carboxylic acid groups (broad SMARTS) is 1. The highest BCUT2D eigenvalue weighted by molar-refractivity contribution is 5.68. The quantitative estimate of drug-likeness (QED) is 0.190. The second-order valence-electron chi connectivity index (χ2n) is 8.39. The number of carboxylic acids is 1. The third-order valence-corrected chi connectivity index (χ3v) is 4.73. The van der Waals surface area contributed by atoms with Crippen molar-refractivity contribution in [1.82, 2.24) is 0 Å². The lowest BCUT2D eigenvalue weighted by molar-refractivity contribution is -0.136. The first kappa shape index (κ1) is 27.1. The Balaban J connectivity index is 4.01. The number of rotatable bonds is 19. The van der Waals surface area contributed by atoms with Gasteiger partial charge in [0.1, 0.15) is 0 Å². The first-order valence-corrected chi connectivity index (χ1v) is 11.5. The van der Waals surface area contributed by atoms with E-state index in [0.717, 1.165) is 19.3 Å². The highest BCUT2D eigenvalue weighted by atomic mass is 16.5. The molecule has 0 aromatic heterocycles. The van der Waals surface area contributed by atoms with Crippen molar-refractivity contribution in [3.05, 3.63) is 12.2 Å². The average Bonchev–Trinajstić information content (AvgIpc) is 2.60. The summed E-state index contributed by atoms with van der Waals surface area (Å²) in [5.41, 5.74) is 0. The highest BCUT2D eigenvalue weighted by Gasteiger charge is 2.12. The molecule has 0 bridgehead atoms. The summed E-state index contributed by atoms with van der Waals surface area (Å²) >= 11 is 0. The summed E-state index contributed by atoms with van der Waals surface area (Å²) in [5.74, 6) is -0.776. The van der Waals surface area contributed by atoms with E-state index in [-0.39, 0.29) is 18.6 Å². The molecule has 0 radical (unpaired) electrons. The van der Waals surface area contributed by atoms with Crippen molar-refractivity contribution in [1.29, 1.82) is 0 Å². The van der Waals surface area contributed by atoms with Gasteiger partial charge in [-0.15, -0.1) is 0 Å². The van der Waals surface area contributed by atoms with Crippen LogP contribution in [0.15, 0.2) is 12.2 Å². The Bertz CT molecular complexity index is 390.